The van der Waals surface area contributed by atoms with Crippen molar-refractivity contribution < 1.29 is 29.0 Å². The topological polar surface area (TPSA) is 105 Å². The van der Waals surface area contributed by atoms with E-state index in [2.05, 4.69) is 29.6 Å². The Balaban J connectivity index is 1.25. The Kier molecular flexibility index (Phi) is 8.02. The fourth-order valence-electron chi connectivity index (χ4n) is 4.92. The average molecular weight is 481 g/mol. The van der Waals surface area contributed by atoms with E-state index in [9.17, 15) is 14.4 Å². The molecule has 0 spiro atoms. The lowest BCUT2D eigenvalue weighted by molar-refractivity contribution is -0.144. The van der Waals surface area contributed by atoms with Crippen LogP contribution in [0.4, 0.5) is 4.79 Å². The third kappa shape index (κ3) is 5.82. The number of amides is 2. The first-order valence-corrected chi connectivity index (χ1v) is 12.2. The number of rotatable bonds is 10. The summed E-state index contributed by atoms with van der Waals surface area (Å²) < 4.78 is 11.4. The SMILES string of the molecule is CCCN(CCC(=O)O)C(=O)C1CCC(CNC(=O)OCC2c3ccccc3-c3ccccc32)O1. The molecular formula is C27H32N2O6. The predicted molar refractivity (Wildman–Crippen MR) is 130 cm³/mol. The van der Waals surface area contributed by atoms with Gasteiger partial charge in [0.25, 0.3) is 5.91 Å². The van der Waals surface area contributed by atoms with Gasteiger partial charge in [-0.15, -0.1) is 0 Å². The number of nitrogens with one attached hydrogen (secondary N) is 1. The van der Waals surface area contributed by atoms with Gasteiger partial charge >= 0.3 is 12.1 Å². The standard InChI is InChI=1S/C27H32N2O6/c1-2-14-29(15-13-25(30)31)26(32)24-12-11-18(35-24)16-28-27(33)34-17-23-21-9-5-3-7-19(21)20-8-4-6-10-22(20)23/h3-10,18,23-24H,2,11-17H2,1H3,(H,28,33)(H,30,31). The summed E-state index contributed by atoms with van der Waals surface area (Å²) in [4.78, 5) is 37.6. The lowest BCUT2D eigenvalue weighted by Gasteiger charge is -2.24. The van der Waals surface area contributed by atoms with Crippen molar-refractivity contribution in [1.29, 1.82) is 0 Å². The Morgan fingerprint density at radius 3 is 2.31 bits per heavy atom. The van der Waals surface area contributed by atoms with Gasteiger partial charge in [0.05, 0.1) is 12.5 Å². The highest BCUT2D eigenvalue weighted by atomic mass is 16.5. The lowest BCUT2D eigenvalue weighted by Crippen LogP contribution is -2.41. The zero-order valence-electron chi connectivity index (χ0n) is 19.9. The van der Waals surface area contributed by atoms with Crippen LogP contribution >= 0.6 is 0 Å². The van der Waals surface area contributed by atoms with Gasteiger partial charge in [-0.05, 0) is 41.5 Å². The van der Waals surface area contributed by atoms with Crippen molar-refractivity contribution in [3.8, 4) is 11.1 Å². The van der Waals surface area contributed by atoms with Crippen molar-refractivity contribution in [3.63, 3.8) is 0 Å². The minimum atomic E-state index is -0.934. The summed E-state index contributed by atoms with van der Waals surface area (Å²) in [5, 5.41) is 11.7. The molecule has 0 bridgehead atoms. The van der Waals surface area contributed by atoms with Crippen LogP contribution in [0.2, 0.25) is 0 Å². The highest BCUT2D eigenvalue weighted by Gasteiger charge is 2.34. The van der Waals surface area contributed by atoms with E-state index in [1.165, 1.54) is 11.1 Å². The quantitative estimate of drug-likeness (QED) is 0.536. The molecule has 2 amide bonds. The van der Waals surface area contributed by atoms with Crippen molar-refractivity contribution in [3.05, 3.63) is 59.7 Å². The molecule has 1 saturated heterocycles. The van der Waals surface area contributed by atoms with Crippen molar-refractivity contribution in [2.45, 2.75) is 50.7 Å². The van der Waals surface area contributed by atoms with Crippen LogP contribution in [0.3, 0.4) is 0 Å². The molecule has 2 atom stereocenters. The normalized spacial score (nSPS) is 18.5. The molecule has 2 aromatic carbocycles. The van der Waals surface area contributed by atoms with E-state index in [1.54, 1.807) is 4.90 Å². The Morgan fingerprint density at radius 1 is 1.03 bits per heavy atom. The Labute approximate surface area is 205 Å². The molecule has 8 heteroatoms. The monoisotopic (exact) mass is 480 g/mol. The number of aliphatic carboxylic acids is 1. The molecular weight excluding hydrogens is 448 g/mol. The second-order valence-corrected chi connectivity index (χ2v) is 9.00. The fraction of sp³-hybridized carbons (Fsp3) is 0.444. The van der Waals surface area contributed by atoms with Crippen LogP contribution < -0.4 is 5.32 Å². The molecule has 2 aromatic rings. The van der Waals surface area contributed by atoms with Crippen LogP contribution in [0.25, 0.3) is 11.1 Å². The molecule has 4 rings (SSSR count). The molecule has 0 saturated carbocycles. The third-order valence-corrected chi connectivity index (χ3v) is 6.60. The average Bonchev–Trinajstić information content (AvgIpc) is 3.46. The first kappa shape index (κ1) is 24.7. The highest BCUT2D eigenvalue weighted by molar-refractivity contribution is 5.82. The van der Waals surface area contributed by atoms with Crippen LogP contribution in [-0.4, -0.2) is 66.4 Å². The first-order valence-electron chi connectivity index (χ1n) is 12.2. The zero-order valence-corrected chi connectivity index (χ0v) is 19.9. The number of carboxylic acid groups (broad SMARTS) is 1. The number of ether oxygens (including phenoxy) is 2. The smallest absolute Gasteiger partial charge is 0.407 e. The Hall–Kier alpha value is -3.39. The summed E-state index contributed by atoms with van der Waals surface area (Å²) in [6, 6.07) is 16.3. The van der Waals surface area contributed by atoms with Gasteiger partial charge in [-0.1, -0.05) is 55.5 Å². The van der Waals surface area contributed by atoms with Gasteiger partial charge in [0.15, 0.2) is 0 Å². The number of hydrogen-bond acceptors (Lipinski definition) is 5. The van der Waals surface area contributed by atoms with Crippen molar-refractivity contribution in [2.24, 2.45) is 0 Å². The molecule has 8 nitrogen and oxygen atoms in total. The lowest BCUT2D eigenvalue weighted by atomic mass is 9.98. The molecule has 186 valence electrons. The summed E-state index contributed by atoms with van der Waals surface area (Å²) in [5.74, 6) is -1.12. The molecule has 0 radical (unpaired) electrons. The first-order chi connectivity index (χ1) is 17.0. The molecule has 35 heavy (non-hydrogen) atoms. The molecule has 2 N–H and O–H groups in total. The van der Waals surface area contributed by atoms with Crippen LogP contribution in [0, 0.1) is 0 Å². The van der Waals surface area contributed by atoms with Crippen molar-refractivity contribution in [1.82, 2.24) is 10.2 Å². The van der Waals surface area contributed by atoms with E-state index in [1.807, 2.05) is 31.2 Å². The summed E-state index contributed by atoms with van der Waals surface area (Å²) in [6.45, 7) is 3.10. The largest absolute Gasteiger partial charge is 0.481 e. The maximum Gasteiger partial charge on any atom is 0.407 e. The minimum absolute atomic E-state index is 0.00627. The van der Waals surface area contributed by atoms with Gasteiger partial charge in [0.1, 0.15) is 12.7 Å². The Morgan fingerprint density at radius 2 is 1.69 bits per heavy atom. The van der Waals surface area contributed by atoms with Crippen molar-refractivity contribution >= 4 is 18.0 Å². The summed E-state index contributed by atoms with van der Waals surface area (Å²) in [6.07, 6.45) is 0.425. The number of nitrogens with zero attached hydrogens (tertiary/aromatic N) is 1. The second-order valence-electron chi connectivity index (χ2n) is 9.00. The second kappa shape index (κ2) is 11.4. The zero-order chi connectivity index (χ0) is 24.8. The highest BCUT2D eigenvalue weighted by Crippen LogP contribution is 2.44. The van der Waals surface area contributed by atoms with Gasteiger partial charge in [-0.25, -0.2) is 4.79 Å². The molecule has 0 aromatic heterocycles. The maximum atomic E-state index is 12.8. The third-order valence-electron chi connectivity index (χ3n) is 6.60. The summed E-state index contributed by atoms with van der Waals surface area (Å²) >= 11 is 0. The predicted octanol–water partition coefficient (Wildman–Crippen LogP) is 3.79. The minimum Gasteiger partial charge on any atom is -0.481 e. The van der Waals surface area contributed by atoms with Crippen LogP contribution in [-0.2, 0) is 19.1 Å². The van der Waals surface area contributed by atoms with Gasteiger partial charge in [0.2, 0.25) is 0 Å². The van der Waals surface area contributed by atoms with E-state index >= 15 is 0 Å². The molecule has 1 heterocycles. The van der Waals surface area contributed by atoms with Crippen molar-refractivity contribution in [2.75, 3.05) is 26.2 Å². The molecule has 2 aliphatic rings. The summed E-state index contributed by atoms with van der Waals surface area (Å²) in [5.41, 5.74) is 4.66. The Bertz CT molecular complexity index is 1030. The van der Waals surface area contributed by atoms with E-state index in [0.717, 1.165) is 17.5 Å². The fourth-order valence-corrected chi connectivity index (χ4v) is 4.92. The van der Waals surface area contributed by atoms with E-state index in [4.69, 9.17) is 14.6 Å². The van der Waals surface area contributed by atoms with Gasteiger partial charge in [-0.2, -0.15) is 0 Å². The number of alkyl carbamates (subject to hydrolysis) is 1. The van der Waals surface area contributed by atoms with E-state index in [0.29, 0.717) is 19.4 Å². The molecule has 1 aliphatic carbocycles. The van der Waals surface area contributed by atoms with Gasteiger partial charge < -0.3 is 24.8 Å². The summed E-state index contributed by atoms with van der Waals surface area (Å²) in [7, 11) is 0. The number of carbonyl (C=O) groups is 3. The number of carboxylic acids is 1. The molecule has 2 unspecified atom stereocenters. The molecule has 1 aliphatic heterocycles. The van der Waals surface area contributed by atoms with Gasteiger partial charge in [-0.3, -0.25) is 9.59 Å². The van der Waals surface area contributed by atoms with Crippen LogP contribution in [0.1, 0.15) is 49.7 Å². The molecule has 1 fully saturated rings. The maximum absolute atomic E-state index is 12.8. The number of benzene rings is 2. The van der Waals surface area contributed by atoms with E-state index in [-0.39, 0.29) is 44.0 Å². The van der Waals surface area contributed by atoms with Crippen LogP contribution in [0.15, 0.2) is 48.5 Å². The number of fused-ring (bicyclic) bond motifs is 3. The number of carbonyl (C=O) groups excluding carboxylic acids is 2. The van der Waals surface area contributed by atoms with Gasteiger partial charge in [0, 0.05) is 25.6 Å². The van der Waals surface area contributed by atoms with Crippen LogP contribution in [0.5, 0.6) is 0 Å². The number of hydrogen-bond donors (Lipinski definition) is 2. The van der Waals surface area contributed by atoms with E-state index < -0.39 is 18.2 Å².